The number of nitrogens with zero attached hydrogens (tertiary/aromatic N) is 4. The Balaban J connectivity index is 1.44. The summed E-state index contributed by atoms with van der Waals surface area (Å²) in [6.07, 6.45) is -4.51. The van der Waals surface area contributed by atoms with Gasteiger partial charge in [-0.2, -0.15) is 18.2 Å². The lowest BCUT2D eigenvalue weighted by atomic mass is 10.2. The van der Waals surface area contributed by atoms with Crippen molar-refractivity contribution in [2.45, 2.75) is 12.7 Å². The van der Waals surface area contributed by atoms with Gasteiger partial charge in [-0.3, -0.25) is 19.8 Å². The molecule has 0 amide bonds. The van der Waals surface area contributed by atoms with E-state index in [1.54, 1.807) is 12.1 Å². The van der Waals surface area contributed by atoms with Gasteiger partial charge in [0.25, 0.3) is 11.2 Å². The fourth-order valence-corrected chi connectivity index (χ4v) is 4.47. The molecule has 0 N–H and O–H groups in total. The average Bonchev–Trinajstić information content (AvgIpc) is 2.73. The third kappa shape index (κ3) is 4.67. The Labute approximate surface area is 178 Å². The summed E-state index contributed by atoms with van der Waals surface area (Å²) in [7, 11) is 0. The van der Waals surface area contributed by atoms with Gasteiger partial charge in [-0.05, 0) is 23.8 Å². The molecular formula is C20H17F3N4O3S. The highest BCUT2D eigenvalue weighted by molar-refractivity contribution is 7.21. The maximum Gasteiger partial charge on any atom is 0.416 e. The molecule has 3 aromatic rings. The van der Waals surface area contributed by atoms with Crippen molar-refractivity contribution in [2.24, 2.45) is 0 Å². The molecule has 0 saturated carbocycles. The fourth-order valence-electron chi connectivity index (χ4n) is 3.44. The Morgan fingerprint density at radius 1 is 1.06 bits per heavy atom. The van der Waals surface area contributed by atoms with Gasteiger partial charge in [-0.25, -0.2) is 0 Å². The lowest BCUT2D eigenvalue weighted by Gasteiger charge is -2.34. The normalized spacial score (nSPS) is 15.4. The number of nitro groups is 1. The summed E-state index contributed by atoms with van der Waals surface area (Å²) in [5.74, 6) is 0. The molecule has 1 aliphatic heterocycles. The zero-order chi connectivity index (χ0) is 22.2. The van der Waals surface area contributed by atoms with Crippen molar-refractivity contribution in [1.82, 2.24) is 9.88 Å². The molecule has 162 valence electrons. The average molecular weight is 450 g/mol. The minimum absolute atomic E-state index is 0.0274. The maximum absolute atomic E-state index is 12.9. The molecule has 31 heavy (non-hydrogen) atoms. The van der Waals surface area contributed by atoms with Gasteiger partial charge in [0, 0.05) is 49.6 Å². The van der Waals surface area contributed by atoms with Crippen molar-refractivity contribution < 1.29 is 18.1 Å². The minimum Gasteiger partial charge on any atom is -0.345 e. The van der Waals surface area contributed by atoms with Crippen LogP contribution in [-0.4, -0.2) is 41.0 Å². The standard InChI is InChI=1S/C20H17F3N4O3S/c21-20(22,23)14-3-6-17-16(11-14)18(28)24-19(31-17)26-9-7-25(8-10-26)12-13-1-4-15(5-2-13)27(29)30/h1-6,11H,7-10,12H2. The third-order valence-electron chi connectivity index (χ3n) is 5.13. The van der Waals surface area contributed by atoms with E-state index < -0.39 is 22.2 Å². The van der Waals surface area contributed by atoms with E-state index in [9.17, 15) is 28.1 Å². The zero-order valence-corrected chi connectivity index (χ0v) is 16.9. The second kappa shape index (κ2) is 8.23. The Morgan fingerprint density at radius 3 is 2.35 bits per heavy atom. The summed E-state index contributed by atoms with van der Waals surface area (Å²) in [5, 5.41) is 11.2. The van der Waals surface area contributed by atoms with E-state index in [4.69, 9.17) is 0 Å². The molecule has 1 saturated heterocycles. The summed E-state index contributed by atoms with van der Waals surface area (Å²) in [6.45, 7) is 3.27. The lowest BCUT2D eigenvalue weighted by Crippen LogP contribution is -2.46. The first-order chi connectivity index (χ1) is 14.7. The van der Waals surface area contributed by atoms with Gasteiger partial charge in [0.2, 0.25) is 0 Å². The molecule has 4 rings (SSSR count). The molecule has 7 nitrogen and oxygen atoms in total. The summed E-state index contributed by atoms with van der Waals surface area (Å²) in [4.78, 5) is 30.8. The van der Waals surface area contributed by atoms with Gasteiger partial charge in [-0.1, -0.05) is 23.5 Å². The van der Waals surface area contributed by atoms with E-state index in [0.29, 0.717) is 42.6 Å². The summed E-state index contributed by atoms with van der Waals surface area (Å²) >= 11 is 1.20. The van der Waals surface area contributed by atoms with Crippen molar-refractivity contribution in [3.63, 3.8) is 0 Å². The Kier molecular flexibility index (Phi) is 5.63. The van der Waals surface area contributed by atoms with Crippen molar-refractivity contribution in [2.75, 3.05) is 31.1 Å². The molecule has 0 aliphatic carbocycles. The van der Waals surface area contributed by atoms with Gasteiger partial charge in [0.1, 0.15) is 0 Å². The van der Waals surface area contributed by atoms with E-state index in [1.807, 2.05) is 4.90 Å². The Morgan fingerprint density at radius 2 is 1.74 bits per heavy atom. The van der Waals surface area contributed by atoms with Crippen LogP contribution < -0.4 is 10.5 Å². The zero-order valence-electron chi connectivity index (χ0n) is 16.1. The number of anilines is 1. The minimum atomic E-state index is -4.51. The summed E-state index contributed by atoms with van der Waals surface area (Å²) < 4.78 is 39.2. The topological polar surface area (TPSA) is 79.6 Å². The second-order valence-electron chi connectivity index (χ2n) is 7.20. The molecule has 1 fully saturated rings. The van der Waals surface area contributed by atoms with E-state index >= 15 is 0 Å². The van der Waals surface area contributed by atoms with E-state index in [1.165, 1.54) is 29.5 Å². The highest BCUT2D eigenvalue weighted by atomic mass is 32.1. The van der Waals surface area contributed by atoms with Crippen LogP contribution in [0.3, 0.4) is 0 Å². The van der Waals surface area contributed by atoms with Gasteiger partial charge < -0.3 is 4.90 Å². The number of halogens is 3. The van der Waals surface area contributed by atoms with Crippen LogP contribution in [0.1, 0.15) is 11.1 Å². The van der Waals surface area contributed by atoms with Gasteiger partial charge >= 0.3 is 6.18 Å². The van der Waals surface area contributed by atoms with Crippen molar-refractivity contribution in [1.29, 1.82) is 0 Å². The number of alkyl halides is 3. The highest BCUT2D eigenvalue weighted by Crippen LogP contribution is 2.33. The molecule has 2 heterocycles. The van der Waals surface area contributed by atoms with Gasteiger partial charge in [-0.15, -0.1) is 0 Å². The van der Waals surface area contributed by atoms with Crippen molar-refractivity contribution in [3.8, 4) is 0 Å². The molecule has 1 aromatic heterocycles. The quantitative estimate of drug-likeness (QED) is 0.443. The maximum atomic E-state index is 12.9. The fraction of sp³-hybridized carbons (Fsp3) is 0.300. The van der Waals surface area contributed by atoms with Crippen LogP contribution in [-0.2, 0) is 12.7 Å². The molecule has 1 aliphatic rings. The SMILES string of the molecule is O=c1nc(N2CCN(Cc3ccc([N+](=O)[O-])cc3)CC2)sc2ccc(C(F)(F)F)cc12. The number of fused-ring (bicyclic) bond motifs is 1. The van der Waals surface area contributed by atoms with Crippen LogP contribution in [0.25, 0.3) is 10.1 Å². The van der Waals surface area contributed by atoms with Crippen LogP contribution in [0, 0.1) is 10.1 Å². The Bertz CT molecular complexity index is 1170. The number of hydrogen-bond acceptors (Lipinski definition) is 7. The van der Waals surface area contributed by atoms with Crippen LogP contribution in [0.15, 0.2) is 47.3 Å². The summed E-state index contributed by atoms with van der Waals surface area (Å²) in [6, 6.07) is 9.57. The number of rotatable bonds is 4. The lowest BCUT2D eigenvalue weighted by molar-refractivity contribution is -0.384. The predicted molar refractivity (Wildman–Crippen MR) is 111 cm³/mol. The van der Waals surface area contributed by atoms with E-state index in [2.05, 4.69) is 9.88 Å². The molecule has 2 aromatic carbocycles. The van der Waals surface area contributed by atoms with E-state index in [-0.39, 0.29) is 11.1 Å². The molecule has 0 spiro atoms. The first-order valence-electron chi connectivity index (χ1n) is 9.43. The summed E-state index contributed by atoms with van der Waals surface area (Å²) in [5.41, 5.74) is -0.511. The number of piperazine rings is 1. The van der Waals surface area contributed by atoms with Gasteiger partial charge in [0.05, 0.1) is 15.9 Å². The first kappa shape index (κ1) is 21.2. The van der Waals surface area contributed by atoms with Gasteiger partial charge in [0.15, 0.2) is 5.13 Å². The molecule has 0 bridgehead atoms. The third-order valence-corrected chi connectivity index (χ3v) is 6.24. The highest BCUT2D eigenvalue weighted by Gasteiger charge is 2.31. The van der Waals surface area contributed by atoms with E-state index in [0.717, 1.165) is 17.7 Å². The molecule has 0 unspecified atom stereocenters. The smallest absolute Gasteiger partial charge is 0.345 e. The molecular weight excluding hydrogens is 433 g/mol. The largest absolute Gasteiger partial charge is 0.416 e. The Hall–Kier alpha value is -3.05. The number of benzene rings is 2. The van der Waals surface area contributed by atoms with Crippen LogP contribution >= 0.6 is 11.3 Å². The first-order valence-corrected chi connectivity index (χ1v) is 10.2. The van der Waals surface area contributed by atoms with Crippen molar-refractivity contribution >= 4 is 32.2 Å². The van der Waals surface area contributed by atoms with Crippen molar-refractivity contribution in [3.05, 3.63) is 74.1 Å². The second-order valence-corrected chi connectivity index (χ2v) is 8.21. The number of nitro benzene ring substituents is 1. The number of non-ortho nitro benzene ring substituents is 1. The number of aromatic nitrogens is 1. The molecule has 0 radical (unpaired) electrons. The van der Waals surface area contributed by atoms with Crippen LogP contribution in [0.2, 0.25) is 0 Å². The molecule has 11 heteroatoms. The molecule has 0 atom stereocenters. The monoisotopic (exact) mass is 450 g/mol. The van der Waals surface area contributed by atoms with Crippen LogP contribution in [0.4, 0.5) is 24.0 Å². The number of hydrogen-bond donors (Lipinski definition) is 0. The van der Waals surface area contributed by atoms with Crippen LogP contribution in [0.5, 0.6) is 0 Å². The predicted octanol–water partition coefficient (Wildman–Crippen LogP) is 3.91.